The summed E-state index contributed by atoms with van der Waals surface area (Å²) in [7, 11) is 0. The zero-order valence-corrected chi connectivity index (χ0v) is 10.6. The Morgan fingerprint density at radius 1 is 1.56 bits per heavy atom. The van der Waals surface area contributed by atoms with Gasteiger partial charge in [-0.1, -0.05) is 13.8 Å². The van der Waals surface area contributed by atoms with Gasteiger partial charge < -0.3 is 10.4 Å². The van der Waals surface area contributed by atoms with Crippen molar-refractivity contribution in [1.82, 2.24) is 10.2 Å². The molecular weight excluding hydrogens is 204 g/mol. The van der Waals surface area contributed by atoms with Crippen LogP contribution in [0.15, 0.2) is 0 Å². The lowest BCUT2D eigenvalue weighted by molar-refractivity contribution is -0.126. The standard InChI is InChI=1S/C12H24N2O2/c1-9(2)8-14-10(3)4-6-13-12(16)11(14)5-7-15/h9-11,15H,4-8H2,1-3H3,(H,13,16). The molecule has 2 unspecified atom stereocenters. The van der Waals surface area contributed by atoms with Crippen LogP contribution < -0.4 is 5.32 Å². The monoisotopic (exact) mass is 228 g/mol. The normalized spacial score (nSPS) is 27.9. The second kappa shape index (κ2) is 6.21. The molecule has 1 saturated heterocycles. The Hall–Kier alpha value is -0.610. The van der Waals surface area contributed by atoms with Gasteiger partial charge in [0.05, 0.1) is 6.04 Å². The minimum absolute atomic E-state index is 0.0686. The van der Waals surface area contributed by atoms with Gasteiger partial charge in [-0.3, -0.25) is 9.69 Å². The summed E-state index contributed by atoms with van der Waals surface area (Å²) in [5, 5.41) is 12.0. The predicted octanol–water partition coefficient (Wildman–Crippen LogP) is 0.604. The summed E-state index contributed by atoms with van der Waals surface area (Å²) in [5.74, 6) is 0.605. The maximum atomic E-state index is 11.9. The summed E-state index contributed by atoms with van der Waals surface area (Å²) >= 11 is 0. The maximum absolute atomic E-state index is 11.9. The van der Waals surface area contributed by atoms with Gasteiger partial charge >= 0.3 is 0 Å². The summed E-state index contributed by atoms with van der Waals surface area (Å²) in [5.41, 5.74) is 0. The smallest absolute Gasteiger partial charge is 0.237 e. The highest BCUT2D eigenvalue weighted by Crippen LogP contribution is 2.17. The third-order valence-corrected chi connectivity index (χ3v) is 3.11. The Morgan fingerprint density at radius 2 is 2.25 bits per heavy atom. The molecular formula is C12H24N2O2. The lowest BCUT2D eigenvalue weighted by Crippen LogP contribution is -2.48. The quantitative estimate of drug-likeness (QED) is 0.741. The van der Waals surface area contributed by atoms with Crippen molar-refractivity contribution in [3.63, 3.8) is 0 Å². The number of amides is 1. The molecule has 1 rings (SSSR count). The molecule has 2 N–H and O–H groups in total. The number of carbonyl (C=O) groups is 1. The number of aliphatic hydroxyl groups excluding tert-OH is 1. The second-order valence-electron chi connectivity index (χ2n) is 5.05. The van der Waals surface area contributed by atoms with Gasteiger partial charge in [0.2, 0.25) is 5.91 Å². The van der Waals surface area contributed by atoms with E-state index >= 15 is 0 Å². The number of nitrogens with one attached hydrogen (secondary N) is 1. The van der Waals surface area contributed by atoms with E-state index in [2.05, 4.69) is 31.0 Å². The summed E-state index contributed by atoms with van der Waals surface area (Å²) < 4.78 is 0. The van der Waals surface area contributed by atoms with Crippen LogP contribution in [-0.4, -0.2) is 47.7 Å². The Balaban J connectivity index is 2.77. The first-order valence-corrected chi connectivity index (χ1v) is 6.20. The first kappa shape index (κ1) is 13.5. The van der Waals surface area contributed by atoms with Crippen LogP contribution in [0.5, 0.6) is 0 Å². The van der Waals surface area contributed by atoms with Crippen LogP contribution in [0.25, 0.3) is 0 Å². The third kappa shape index (κ3) is 3.46. The van der Waals surface area contributed by atoms with Crippen molar-refractivity contribution in [2.24, 2.45) is 5.92 Å². The van der Waals surface area contributed by atoms with Crippen molar-refractivity contribution < 1.29 is 9.90 Å². The van der Waals surface area contributed by atoms with Gasteiger partial charge in [-0.05, 0) is 25.7 Å². The lowest BCUT2D eigenvalue weighted by Gasteiger charge is -2.34. The van der Waals surface area contributed by atoms with E-state index in [1.54, 1.807) is 0 Å². The molecule has 1 aliphatic rings. The van der Waals surface area contributed by atoms with Crippen molar-refractivity contribution >= 4 is 5.91 Å². The Bertz CT molecular complexity index is 231. The van der Waals surface area contributed by atoms with Crippen LogP contribution in [0.1, 0.15) is 33.6 Å². The SMILES string of the molecule is CC(C)CN1C(C)CCNC(=O)C1CCO. The number of hydrogen-bond donors (Lipinski definition) is 2. The number of rotatable bonds is 4. The van der Waals surface area contributed by atoms with Crippen LogP contribution in [0, 0.1) is 5.92 Å². The molecule has 0 spiro atoms. The lowest BCUT2D eigenvalue weighted by atomic mass is 10.1. The van der Waals surface area contributed by atoms with Gasteiger partial charge in [0.15, 0.2) is 0 Å². The summed E-state index contributed by atoms with van der Waals surface area (Å²) in [6.07, 6.45) is 1.52. The fourth-order valence-electron chi connectivity index (χ4n) is 2.29. The van der Waals surface area contributed by atoms with Crippen LogP contribution in [-0.2, 0) is 4.79 Å². The van der Waals surface area contributed by atoms with Gasteiger partial charge in [-0.15, -0.1) is 0 Å². The van der Waals surface area contributed by atoms with Gasteiger partial charge in [0.1, 0.15) is 0 Å². The molecule has 1 fully saturated rings. The van der Waals surface area contributed by atoms with Crippen molar-refractivity contribution in [2.45, 2.75) is 45.7 Å². The first-order chi connectivity index (χ1) is 7.56. The van der Waals surface area contributed by atoms with Gasteiger partial charge in [0, 0.05) is 25.7 Å². The zero-order valence-electron chi connectivity index (χ0n) is 10.6. The van der Waals surface area contributed by atoms with Crippen molar-refractivity contribution in [3.8, 4) is 0 Å². The van der Waals surface area contributed by atoms with Gasteiger partial charge in [-0.2, -0.15) is 0 Å². The molecule has 0 radical (unpaired) electrons. The van der Waals surface area contributed by atoms with Crippen molar-refractivity contribution in [1.29, 1.82) is 0 Å². The minimum atomic E-state index is -0.162. The van der Waals surface area contributed by atoms with Crippen LogP contribution in [0.3, 0.4) is 0 Å². The molecule has 0 aliphatic carbocycles. The number of carbonyl (C=O) groups excluding carboxylic acids is 1. The molecule has 4 nitrogen and oxygen atoms in total. The Kier molecular flexibility index (Phi) is 5.22. The maximum Gasteiger partial charge on any atom is 0.237 e. The van der Waals surface area contributed by atoms with E-state index in [9.17, 15) is 4.79 Å². The van der Waals surface area contributed by atoms with Crippen LogP contribution in [0.4, 0.5) is 0 Å². The fraction of sp³-hybridized carbons (Fsp3) is 0.917. The molecule has 16 heavy (non-hydrogen) atoms. The van der Waals surface area contributed by atoms with Crippen molar-refractivity contribution in [2.75, 3.05) is 19.7 Å². The van der Waals surface area contributed by atoms with Gasteiger partial charge in [0.25, 0.3) is 0 Å². The summed E-state index contributed by atoms with van der Waals surface area (Å²) in [4.78, 5) is 14.1. The van der Waals surface area contributed by atoms with E-state index in [1.807, 2.05) is 0 Å². The van der Waals surface area contributed by atoms with Crippen LogP contribution in [0.2, 0.25) is 0 Å². The van der Waals surface area contributed by atoms with Gasteiger partial charge in [-0.25, -0.2) is 0 Å². The fourth-order valence-corrected chi connectivity index (χ4v) is 2.29. The third-order valence-electron chi connectivity index (χ3n) is 3.11. The first-order valence-electron chi connectivity index (χ1n) is 6.20. The van der Waals surface area contributed by atoms with Crippen molar-refractivity contribution in [3.05, 3.63) is 0 Å². The topological polar surface area (TPSA) is 52.6 Å². The average Bonchev–Trinajstić information content (AvgIpc) is 2.32. The van der Waals surface area contributed by atoms with E-state index in [0.717, 1.165) is 19.5 Å². The second-order valence-corrected chi connectivity index (χ2v) is 5.05. The molecule has 94 valence electrons. The van der Waals surface area contributed by atoms with E-state index in [1.165, 1.54) is 0 Å². The predicted molar refractivity (Wildman–Crippen MR) is 64.1 cm³/mol. The highest BCUT2D eigenvalue weighted by atomic mass is 16.3. The number of aliphatic hydroxyl groups is 1. The molecule has 1 heterocycles. The molecule has 0 aromatic carbocycles. The number of hydrogen-bond acceptors (Lipinski definition) is 3. The molecule has 0 aromatic heterocycles. The molecule has 0 aromatic rings. The summed E-state index contributed by atoms with van der Waals surface area (Å²) in [6.45, 7) is 8.21. The van der Waals surface area contributed by atoms with E-state index in [-0.39, 0.29) is 18.6 Å². The highest BCUT2D eigenvalue weighted by Gasteiger charge is 2.31. The van der Waals surface area contributed by atoms with E-state index in [4.69, 9.17) is 5.11 Å². The van der Waals surface area contributed by atoms with Crippen LogP contribution >= 0.6 is 0 Å². The molecule has 0 bridgehead atoms. The molecule has 4 heteroatoms. The molecule has 0 saturated carbocycles. The Morgan fingerprint density at radius 3 is 2.81 bits per heavy atom. The largest absolute Gasteiger partial charge is 0.396 e. The minimum Gasteiger partial charge on any atom is -0.396 e. The highest BCUT2D eigenvalue weighted by molar-refractivity contribution is 5.82. The molecule has 1 aliphatic heterocycles. The summed E-state index contributed by atoms with van der Waals surface area (Å²) in [6, 6.07) is 0.239. The Labute approximate surface area is 98.0 Å². The molecule has 1 amide bonds. The molecule has 2 atom stereocenters. The van der Waals surface area contributed by atoms with E-state index in [0.29, 0.717) is 18.4 Å². The number of nitrogens with zero attached hydrogens (tertiary/aromatic N) is 1. The zero-order chi connectivity index (χ0) is 12.1. The average molecular weight is 228 g/mol. The van der Waals surface area contributed by atoms with E-state index < -0.39 is 0 Å².